The summed E-state index contributed by atoms with van der Waals surface area (Å²) in [5.41, 5.74) is -5.87. The fourth-order valence-electron chi connectivity index (χ4n) is 2.23. The Labute approximate surface area is 142 Å². The predicted molar refractivity (Wildman–Crippen MR) is 79.1 cm³/mol. The third-order valence-corrected chi connectivity index (χ3v) is 4.32. The molecule has 142 valence electrons. The first-order valence-electron chi connectivity index (χ1n) is 7.28. The number of nitrogens with zero attached hydrogens (tertiary/aromatic N) is 2. The zero-order chi connectivity index (χ0) is 19.2. The first-order chi connectivity index (χ1) is 11.2. The minimum absolute atomic E-state index is 0.0665. The molecule has 1 aromatic heterocycles. The molecule has 0 saturated carbocycles. The van der Waals surface area contributed by atoms with Gasteiger partial charge in [-0.05, 0) is 27.7 Å². The van der Waals surface area contributed by atoms with E-state index in [1.54, 1.807) is 27.7 Å². The van der Waals surface area contributed by atoms with Gasteiger partial charge >= 0.3 is 21.7 Å². The van der Waals surface area contributed by atoms with Crippen LogP contribution in [-0.2, 0) is 27.8 Å². The average molecular weight is 385 g/mol. The van der Waals surface area contributed by atoms with Crippen LogP contribution < -0.4 is 4.18 Å². The normalized spacial score (nSPS) is 18.7. The summed E-state index contributed by atoms with van der Waals surface area (Å²) in [7, 11) is -5.85. The minimum atomic E-state index is -5.85. The van der Waals surface area contributed by atoms with Crippen LogP contribution in [-0.4, -0.2) is 46.8 Å². The summed E-state index contributed by atoms with van der Waals surface area (Å²) >= 11 is 0. The molecule has 0 fully saturated rings. The van der Waals surface area contributed by atoms with Gasteiger partial charge in [0.15, 0.2) is 0 Å². The second kappa shape index (κ2) is 6.07. The monoisotopic (exact) mass is 385 g/mol. The van der Waals surface area contributed by atoms with Crippen LogP contribution in [0.1, 0.15) is 39.0 Å². The Morgan fingerprint density at radius 2 is 1.92 bits per heavy atom. The summed E-state index contributed by atoms with van der Waals surface area (Å²) in [5.74, 6) is -0.729. The quantitative estimate of drug-likeness (QED) is 0.619. The Kier molecular flexibility index (Phi) is 4.70. The number of H-pyrrole nitrogens is 1. The predicted octanol–water partition coefficient (Wildman–Crippen LogP) is 2.32. The number of carbonyl (C=O) groups is 1. The van der Waals surface area contributed by atoms with Crippen LogP contribution >= 0.6 is 0 Å². The molecule has 0 bridgehead atoms. The van der Waals surface area contributed by atoms with E-state index in [1.807, 2.05) is 0 Å². The lowest BCUT2D eigenvalue weighted by atomic mass is 10.0. The molecule has 0 aromatic carbocycles. The standard InChI is InChI=1S/C13H18F3N3O5S/c1-7-5-9-8(6-19(7)11(20)23-12(2,3)4)10(18-17-9)24-25(21,22)13(14,15)16/h7H,5-6H2,1-4H3,(H,17,18). The van der Waals surface area contributed by atoms with E-state index in [0.717, 1.165) is 0 Å². The van der Waals surface area contributed by atoms with Gasteiger partial charge in [0.25, 0.3) is 5.88 Å². The van der Waals surface area contributed by atoms with Gasteiger partial charge < -0.3 is 13.8 Å². The fourth-order valence-corrected chi connectivity index (χ4v) is 2.67. The maximum absolute atomic E-state index is 12.5. The number of hydrogen-bond donors (Lipinski definition) is 1. The first kappa shape index (κ1) is 19.3. The van der Waals surface area contributed by atoms with Crippen molar-refractivity contribution in [2.24, 2.45) is 0 Å². The highest BCUT2D eigenvalue weighted by atomic mass is 32.2. The maximum Gasteiger partial charge on any atom is 0.534 e. The Hall–Kier alpha value is -1.98. The van der Waals surface area contributed by atoms with E-state index in [4.69, 9.17) is 4.74 Å². The number of amides is 1. The van der Waals surface area contributed by atoms with Gasteiger partial charge in [-0.15, -0.1) is 5.10 Å². The van der Waals surface area contributed by atoms with Gasteiger partial charge in [-0.1, -0.05) is 0 Å². The number of hydrogen-bond acceptors (Lipinski definition) is 6. The van der Waals surface area contributed by atoms with Crippen LogP contribution in [0.4, 0.5) is 18.0 Å². The Morgan fingerprint density at radius 1 is 1.32 bits per heavy atom. The highest BCUT2D eigenvalue weighted by Gasteiger charge is 2.49. The van der Waals surface area contributed by atoms with Crippen molar-refractivity contribution in [2.75, 3.05) is 0 Å². The SMILES string of the molecule is CC1Cc2[nH]nc(OS(=O)(=O)C(F)(F)F)c2CN1C(=O)OC(C)(C)C. The largest absolute Gasteiger partial charge is 0.534 e. The third-order valence-electron chi connectivity index (χ3n) is 3.38. The molecule has 25 heavy (non-hydrogen) atoms. The number of fused-ring (bicyclic) bond motifs is 1. The number of aromatic nitrogens is 2. The van der Waals surface area contributed by atoms with Gasteiger partial charge in [-0.2, -0.15) is 21.6 Å². The first-order valence-corrected chi connectivity index (χ1v) is 8.68. The van der Waals surface area contributed by atoms with E-state index in [9.17, 15) is 26.4 Å². The van der Waals surface area contributed by atoms with E-state index in [2.05, 4.69) is 14.4 Å². The fraction of sp³-hybridized carbons (Fsp3) is 0.692. The molecule has 8 nitrogen and oxygen atoms in total. The number of nitrogens with one attached hydrogen (secondary N) is 1. The summed E-state index contributed by atoms with van der Waals surface area (Å²) in [6.45, 7) is 6.55. The van der Waals surface area contributed by atoms with Crippen molar-refractivity contribution >= 4 is 16.2 Å². The number of carbonyl (C=O) groups excluding carboxylic acids is 1. The molecule has 0 aliphatic carbocycles. The van der Waals surface area contributed by atoms with Crippen molar-refractivity contribution < 1.29 is 35.3 Å². The number of alkyl halides is 3. The van der Waals surface area contributed by atoms with Crippen LogP contribution in [0.5, 0.6) is 5.88 Å². The molecule has 1 unspecified atom stereocenters. The molecule has 1 aliphatic heterocycles. The van der Waals surface area contributed by atoms with E-state index in [0.29, 0.717) is 5.69 Å². The number of aromatic amines is 1. The van der Waals surface area contributed by atoms with Crippen molar-refractivity contribution in [2.45, 2.75) is 57.8 Å². The second-order valence-electron chi connectivity index (χ2n) is 6.63. The Morgan fingerprint density at radius 3 is 2.44 bits per heavy atom. The molecule has 2 rings (SSSR count). The molecule has 1 atom stereocenters. The number of ether oxygens (including phenoxy) is 1. The molecule has 1 aliphatic rings. The Bertz CT molecular complexity index is 767. The summed E-state index contributed by atoms with van der Waals surface area (Å²) in [6, 6.07) is -0.324. The van der Waals surface area contributed by atoms with Gasteiger partial charge in [0.1, 0.15) is 5.60 Å². The summed E-state index contributed by atoms with van der Waals surface area (Å²) in [6.07, 6.45) is -0.437. The third kappa shape index (κ3) is 4.17. The Balaban J connectivity index is 2.27. The summed E-state index contributed by atoms with van der Waals surface area (Å²) in [5, 5.41) is 5.95. The van der Waals surface area contributed by atoms with Gasteiger partial charge in [-0.3, -0.25) is 5.10 Å². The lowest BCUT2D eigenvalue weighted by molar-refractivity contribution is -0.0502. The molecule has 0 radical (unpaired) electrons. The smallest absolute Gasteiger partial charge is 0.444 e. The van der Waals surface area contributed by atoms with Crippen molar-refractivity contribution in [1.29, 1.82) is 0 Å². The molecule has 1 amide bonds. The van der Waals surface area contributed by atoms with E-state index >= 15 is 0 Å². The molecule has 2 heterocycles. The zero-order valence-electron chi connectivity index (χ0n) is 14.0. The molecule has 12 heteroatoms. The van der Waals surface area contributed by atoms with Crippen LogP contribution in [0.25, 0.3) is 0 Å². The van der Waals surface area contributed by atoms with Crippen molar-refractivity contribution in [3.8, 4) is 5.88 Å². The minimum Gasteiger partial charge on any atom is -0.444 e. The molecule has 0 saturated heterocycles. The van der Waals surface area contributed by atoms with E-state index in [-0.39, 0.29) is 24.6 Å². The zero-order valence-corrected chi connectivity index (χ0v) is 14.8. The summed E-state index contributed by atoms with van der Waals surface area (Å²) in [4.78, 5) is 13.5. The van der Waals surface area contributed by atoms with Crippen molar-refractivity contribution in [1.82, 2.24) is 15.1 Å². The molecule has 1 N–H and O–H groups in total. The van der Waals surface area contributed by atoms with E-state index in [1.165, 1.54) is 4.90 Å². The molecular formula is C13H18F3N3O5S. The van der Waals surface area contributed by atoms with E-state index < -0.39 is 33.2 Å². The molecule has 1 aromatic rings. The number of rotatable bonds is 2. The molecule has 0 spiro atoms. The topological polar surface area (TPSA) is 102 Å². The molecular weight excluding hydrogens is 367 g/mol. The van der Waals surface area contributed by atoms with Crippen LogP contribution in [0.15, 0.2) is 0 Å². The second-order valence-corrected chi connectivity index (χ2v) is 8.17. The van der Waals surface area contributed by atoms with Crippen LogP contribution in [0.3, 0.4) is 0 Å². The van der Waals surface area contributed by atoms with Gasteiger partial charge in [-0.25, -0.2) is 4.79 Å². The lowest BCUT2D eigenvalue weighted by Crippen LogP contribution is -2.45. The van der Waals surface area contributed by atoms with Gasteiger partial charge in [0.05, 0.1) is 12.1 Å². The average Bonchev–Trinajstić information content (AvgIpc) is 2.76. The van der Waals surface area contributed by atoms with Crippen LogP contribution in [0.2, 0.25) is 0 Å². The highest BCUT2D eigenvalue weighted by molar-refractivity contribution is 7.87. The van der Waals surface area contributed by atoms with Crippen molar-refractivity contribution in [3.63, 3.8) is 0 Å². The highest BCUT2D eigenvalue weighted by Crippen LogP contribution is 2.33. The van der Waals surface area contributed by atoms with Crippen molar-refractivity contribution in [3.05, 3.63) is 11.3 Å². The van der Waals surface area contributed by atoms with Gasteiger partial charge in [0.2, 0.25) is 0 Å². The lowest BCUT2D eigenvalue weighted by Gasteiger charge is -2.34. The summed E-state index contributed by atoms with van der Waals surface area (Å²) < 4.78 is 69.1. The van der Waals surface area contributed by atoms with Gasteiger partial charge in [0, 0.05) is 18.2 Å². The number of halogens is 3. The van der Waals surface area contributed by atoms with Crippen LogP contribution in [0, 0.1) is 0 Å². The maximum atomic E-state index is 12.5.